The Bertz CT molecular complexity index is 1220. The highest BCUT2D eigenvalue weighted by atomic mass is 79.9. The molecule has 1 aliphatic carbocycles. The zero-order valence-electron chi connectivity index (χ0n) is 19.1. The summed E-state index contributed by atoms with van der Waals surface area (Å²) in [5.74, 6) is -1.64. The van der Waals surface area contributed by atoms with Crippen molar-refractivity contribution in [1.82, 2.24) is 9.91 Å². The number of carbonyl (C=O) groups is 3. The van der Waals surface area contributed by atoms with Gasteiger partial charge in [-0.15, -0.1) is 0 Å². The van der Waals surface area contributed by atoms with Crippen LogP contribution in [0.1, 0.15) is 44.7 Å². The van der Waals surface area contributed by atoms with Crippen LogP contribution in [0.25, 0.3) is 0 Å². The number of ketones is 1. The number of likely N-dealkylation sites (tertiary alicyclic amines) is 1. The van der Waals surface area contributed by atoms with Crippen molar-refractivity contribution in [3.8, 4) is 0 Å². The minimum Gasteiger partial charge on any atom is -0.331 e. The molecule has 2 aromatic rings. The van der Waals surface area contributed by atoms with Crippen molar-refractivity contribution in [3.63, 3.8) is 0 Å². The quantitative estimate of drug-likeness (QED) is 0.586. The van der Waals surface area contributed by atoms with E-state index in [-0.39, 0.29) is 12.5 Å². The van der Waals surface area contributed by atoms with E-state index in [2.05, 4.69) is 21.0 Å². The molecule has 0 N–H and O–H groups in total. The lowest BCUT2D eigenvalue weighted by Crippen LogP contribution is -2.44. The molecule has 0 aromatic heterocycles. The largest absolute Gasteiger partial charge is 0.331 e. The van der Waals surface area contributed by atoms with E-state index in [1.165, 1.54) is 5.01 Å². The first-order valence-corrected chi connectivity index (χ1v) is 11.9. The monoisotopic (exact) mass is 507 g/mol. The third-order valence-electron chi connectivity index (χ3n) is 7.26. The molecule has 7 heteroatoms. The van der Waals surface area contributed by atoms with E-state index in [0.717, 1.165) is 15.6 Å². The van der Waals surface area contributed by atoms with Crippen molar-refractivity contribution in [2.24, 2.45) is 15.9 Å². The van der Waals surface area contributed by atoms with Gasteiger partial charge in [-0.3, -0.25) is 14.4 Å². The molecule has 0 radical (unpaired) electrons. The summed E-state index contributed by atoms with van der Waals surface area (Å²) in [4.78, 5) is 42.6. The molecule has 5 rings (SSSR count). The first-order valence-electron chi connectivity index (χ1n) is 11.1. The number of rotatable bonds is 3. The molecule has 1 saturated heterocycles. The second kappa shape index (κ2) is 7.10. The summed E-state index contributed by atoms with van der Waals surface area (Å²) in [6, 6.07) is 17.3. The third-order valence-corrected chi connectivity index (χ3v) is 7.75. The molecule has 2 aromatic carbocycles. The third kappa shape index (κ3) is 2.84. The number of benzene rings is 2. The fourth-order valence-electron chi connectivity index (χ4n) is 5.89. The lowest BCUT2D eigenvalue weighted by Gasteiger charge is -2.29. The fourth-order valence-corrected chi connectivity index (χ4v) is 6.31. The molecule has 170 valence electrons. The maximum Gasteiger partial charge on any atom is 0.291 e. The van der Waals surface area contributed by atoms with Crippen LogP contribution in [0, 0.1) is 10.8 Å². The van der Waals surface area contributed by atoms with E-state index < -0.39 is 34.0 Å². The van der Waals surface area contributed by atoms with Gasteiger partial charge in [0.05, 0.1) is 16.7 Å². The molecule has 0 bridgehead atoms. The lowest BCUT2D eigenvalue weighted by molar-refractivity contribution is -0.143. The normalized spacial score (nSPS) is 28.9. The minimum absolute atomic E-state index is 0.194. The number of amides is 2. The van der Waals surface area contributed by atoms with Gasteiger partial charge in [-0.1, -0.05) is 58.4 Å². The van der Waals surface area contributed by atoms with Crippen molar-refractivity contribution in [1.29, 1.82) is 0 Å². The highest BCUT2D eigenvalue weighted by molar-refractivity contribution is 9.10. The molecule has 33 heavy (non-hydrogen) atoms. The number of nitrogens with zero attached hydrogens (tertiary/aromatic N) is 3. The van der Waals surface area contributed by atoms with E-state index >= 15 is 0 Å². The number of hydrazone groups is 1. The van der Waals surface area contributed by atoms with Gasteiger partial charge in [0.25, 0.3) is 11.8 Å². The number of halogens is 1. The summed E-state index contributed by atoms with van der Waals surface area (Å²) in [6.45, 7) is 8.13. The molecule has 3 atom stereocenters. The van der Waals surface area contributed by atoms with Gasteiger partial charge in [-0.2, -0.15) is 5.10 Å². The predicted octanol–water partition coefficient (Wildman–Crippen LogP) is 4.15. The summed E-state index contributed by atoms with van der Waals surface area (Å²) >= 11 is 3.52. The Hall–Kier alpha value is -2.80. The van der Waals surface area contributed by atoms with Crippen LogP contribution < -0.4 is 0 Å². The Kier molecular flexibility index (Phi) is 4.73. The minimum atomic E-state index is -1.15. The molecule has 2 heterocycles. The number of carbonyl (C=O) groups excluding carboxylic acids is 3. The smallest absolute Gasteiger partial charge is 0.291 e. The van der Waals surface area contributed by atoms with Gasteiger partial charge in [0, 0.05) is 23.5 Å². The average molecular weight is 508 g/mol. The Balaban J connectivity index is 1.63. The maximum atomic E-state index is 14.0. The SMILES string of the molecule is CC1=NN(C(C)(C)C)C(=O)C12[C@@H](c1cccc(Br)c1)C21CN(Cc2ccccc2)C(=O)C1=O. The van der Waals surface area contributed by atoms with Crippen LogP contribution in [-0.2, 0) is 20.9 Å². The fraction of sp³-hybridized carbons (Fsp3) is 0.385. The summed E-state index contributed by atoms with van der Waals surface area (Å²) in [6.07, 6.45) is 0. The molecule has 2 amide bonds. The van der Waals surface area contributed by atoms with Crippen LogP contribution in [0.3, 0.4) is 0 Å². The summed E-state index contributed by atoms with van der Waals surface area (Å²) in [5.41, 5.74) is -0.406. The van der Waals surface area contributed by atoms with Gasteiger partial charge in [-0.25, -0.2) is 5.01 Å². The number of fused-ring (bicyclic) bond motifs is 1. The van der Waals surface area contributed by atoms with Crippen molar-refractivity contribution >= 4 is 39.2 Å². The van der Waals surface area contributed by atoms with Gasteiger partial charge < -0.3 is 4.90 Å². The molecule has 3 aliphatic rings. The molecule has 2 aliphatic heterocycles. The van der Waals surface area contributed by atoms with Crippen LogP contribution in [-0.4, -0.2) is 45.3 Å². The van der Waals surface area contributed by atoms with Crippen LogP contribution in [0.5, 0.6) is 0 Å². The molecular weight excluding hydrogens is 482 g/mol. The Morgan fingerprint density at radius 2 is 1.76 bits per heavy atom. The molecule has 2 fully saturated rings. The zero-order chi connectivity index (χ0) is 23.8. The maximum absolute atomic E-state index is 14.0. The molecule has 1 saturated carbocycles. The van der Waals surface area contributed by atoms with E-state index in [0.29, 0.717) is 12.3 Å². The molecule has 6 nitrogen and oxygen atoms in total. The number of Topliss-reactive ketones (excluding diaryl/α,β-unsaturated/α-hetero) is 1. The first kappa shape index (κ1) is 22.0. The van der Waals surface area contributed by atoms with Crippen LogP contribution in [0.15, 0.2) is 64.2 Å². The number of hydrogen-bond acceptors (Lipinski definition) is 4. The first-order chi connectivity index (χ1) is 15.5. The van der Waals surface area contributed by atoms with Gasteiger partial charge in [-0.05, 0) is 51.0 Å². The van der Waals surface area contributed by atoms with E-state index in [9.17, 15) is 14.4 Å². The van der Waals surface area contributed by atoms with Crippen molar-refractivity contribution < 1.29 is 14.4 Å². The van der Waals surface area contributed by atoms with E-state index in [1.54, 1.807) is 4.90 Å². The van der Waals surface area contributed by atoms with Gasteiger partial charge >= 0.3 is 0 Å². The standard InChI is InChI=1S/C26H26BrN3O3/c1-16-26(23(33)30(28-16)24(2,3)4)20(18-11-8-12-19(27)13-18)25(26)15-29(22(32)21(25)31)14-17-9-6-5-7-10-17/h5-13,20H,14-15H2,1-4H3/t20-,25?,26?/m0/s1. The Morgan fingerprint density at radius 3 is 2.36 bits per heavy atom. The predicted molar refractivity (Wildman–Crippen MR) is 128 cm³/mol. The summed E-state index contributed by atoms with van der Waals surface area (Å²) < 4.78 is 0.864. The number of hydrogen-bond donors (Lipinski definition) is 0. The summed E-state index contributed by atoms with van der Waals surface area (Å²) in [5, 5.41) is 6.15. The second-order valence-corrected chi connectivity index (χ2v) is 11.1. The summed E-state index contributed by atoms with van der Waals surface area (Å²) in [7, 11) is 0. The van der Waals surface area contributed by atoms with Gasteiger partial charge in [0.2, 0.25) is 5.78 Å². The highest BCUT2D eigenvalue weighted by Crippen LogP contribution is 2.79. The molecule has 2 spiro atoms. The Labute approximate surface area is 201 Å². The van der Waals surface area contributed by atoms with Gasteiger partial charge in [0.1, 0.15) is 5.41 Å². The van der Waals surface area contributed by atoms with Crippen LogP contribution in [0.4, 0.5) is 0 Å². The van der Waals surface area contributed by atoms with Crippen molar-refractivity contribution in [2.75, 3.05) is 6.54 Å². The zero-order valence-corrected chi connectivity index (χ0v) is 20.7. The highest BCUT2D eigenvalue weighted by Gasteiger charge is 2.90. The topological polar surface area (TPSA) is 70.1 Å². The van der Waals surface area contributed by atoms with Crippen LogP contribution >= 0.6 is 15.9 Å². The second-order valence-electron chi connectivity index (χ2n) is 10.2. The van der Waals surface area contributed by atoms with Crippen molar-refractivity contribution in [2.45, 2.75) is 45.7 Å². The lowest BCUT2D eigenvalue weighted by atomic mass is 9.86. The molecular formula is C26H26BrN3O3. The van der Waals surface area contributed by atoms with Gasteiger partial charge in [0.15, 0.2) is 0 Å². The van der Waals surface area contributed by atoms with E-state index in [4.69, 9.17) is 0 Å². The van der Waals surface area contributed by atoms with Crippen LogP contribution in [0.2, 0.25) is 0 Å². The van der Waals surface area contributed by atoms with E-state index in [1.807, 2.05) is 82.3 Å². The average Bonchev–Trinajstić information content (AvgIpc) is 3.19. The van der Waals surface area contributed by atoms with Crippen molar-refractivity contribution in [3.05, 3.63) is 70.2 Å². The Morgan fingerprint density at radius 1 is 1.06 bits per heavy atom. The molecule has 2 unspecified atom stereocenters.